The van der Waals surface area contributed by atoms with Crippen molar-refractivity contribution >= 4 is 17.3 Å². The number of rotatable bonds is 15. The van der Waals surface area contributed by atoms with Gasteiger partial charge in [0.1, 0.15) is 0 Å². The molecule has 0 radical (unpaired) electrons. The minimum atomic E-state index is -0.209. The van der Waals surface area contributed by atoms with Gasteiger partial charge in [0.25, 0.3) is 0 Å². The van der Waals surface area contributed by atoms with E-state index in [1.165, 1.54) is 20.8 Å². The predicted octanol–water partition coefficient (Wildman–Crippen LogP) is -0.162. The smallest absolute Gasteiger partial charge is 0.187 e. The minimum absolute atomic E-state index is 0. The number of carbonyl (C=O) groups excluding carboxylic acids is 3. The van der Waals surface area contributed by atoms with Crippen LogP contribution in [0.25, 0.3) is 0 Å². The average Bonchev–Trinajstić information content (AvgIpc) is 2.68. The van der Waals surface area contributed by atoms with Gasteiger partial charge < -0.3 is 46.6 Å². The molecule has 0 unspecified atom stereocenters. The van der Waals surface area contributed by atoms with Crippen molar-refractivity contribution in [2.75, 3.05) is 39.5 Å². The molecule has 0 rings (SSSR count). The maximum absolute atomic E-state index is 10.4. The fourth-order valence-electron chi connectivity index (χ4n) is 1.62. The van der Waals surface area contributed by atoms with Crippen molar-refractivity contribution in [1.29, 1.82) is 0 Å². The molecule has 0 saturated heterocycles. The van der Waals surface area contributed by atoms with Crippen LogP contribution >= 0.6 is 0 Å². The molecule has 0 heterocycles. The van der Waals surface area contributed by atoms with Crippen molar-refractivity contribution in [1.82, 2.24) is 16.0 Å². The Morgan fingerprint density at radius 2 is 0.765 bits per heavy atom. The third-order valence-electron chi connectivity index (χ3n) is 2.94. The van der Waals surface area contributed by atoms with Crippen molar-refractivity contribution in [3.8, 4) is 0 Å². The standard InChI is InChI=1S/3C7H13NO3.Fe/c3*1-6(10)5-7(11)8-3-2-4-9;/h3*5,8-9,11H,2-4H2,1H3;. The van der Waals surface area contributed by atoms with E-state index in [9.17, 15) is 14.4 Å². The van der Waals surface area contributed by atoms with Gasteiger partial charge in [0.15, 0.2) is 35.0 Å². The second kappa shape index (κ2) is 28.5. The van der Waals surface area contributed by atoms with Gasteiger partial charge in [-0.25, -0.2) is 0 Å². The predicted molar refractivity (Wildman–Crippen MR) is 123 cm³/mol. The van der Waals surface area contributed by atoms with Crippen molar-refractivity contribution < 1.29 is 62.1 Å². The van der Waals surface area contributed by atoms with Gasteiger partial charge in [-0.15, -0.1) is 0 Å². The molecule has 34 heavy (non-hydrogen) atoms. The first-order chi connectivity index (χ1) is 15.5. The van der Waals surface area contributed by atoms with Crippen LogP contribution < -0.4 is 16.0 Å². The Morgan fingerprint density at radius 1 is 0.559 bits per heavy atom. The van der Waals surface area contributed by atoms with Crippen LogP contribution in [0.5, 0.6) is 0 Å². The van der Waals surface area contributed by atoms with Crippen LogP contribution in [0.3, 0.4) is 0 Å². The molecule has 0 aliphatic carbocycles. The molecule has 0 amide bonds. The average molecular weight is 533 g/mol. The summed E-state index contributed by atoms with van der Waals surface area (Å²) in [7, 11) is 0. The van der Waals surface area contributed by atoms with Crippen LogP contribution in [0, 0.1) is 0 Å². The summed E-state index contributed by atoms with van der Waals surface area (Å²) in [4.78, 5) is 31.1. The summed E-state index contributed by atoms with van der Waals surface area (Å²) in [5.41, 5.74) is 0. The summed E-state index contributed by atoms with van der Waals surface area (Å²) >= 11 is 0. The Hall–Kier alpha value is -2.57. The van der Waals surface area contributed by atoms with Crippen molar-refractivity contribution in [2.45, 2.75) is 40.0 Å². The molecule has 0 aromatic heterocycles. The summed E-state index contributed by atoms with van der Waals surface area (Å²) in [5, 5.41) is 59.4. The molecule has 200 valence electrons. The SMILES string of the molecule is CC(=O)C=C(O)NCCCO.CC(=O)C=C(O)NCCCO.CC(=O)C=C(O)NCCCO.[Fe]. The zero-order valence-electron chi connectivity index (χ0n) is 19.9. The van der Waals surface area contributed by atoms with Crippen LogP contribution in [0.15, 0.2) is 35.9 Å². The number of allylic oxidation sites excluding steroid dienone is 3. The molecular weight excluding hydrogens is 494 g/mol. The zero-order chi connectivity index (χ0) is 26.1. The Labute approximate surface area is 210 Å². The zero-order valence-corrected chi connectivity index (χ0v) is 21.0. The molecule has 0 spiro atoms. The number of hydrogen-bond donors (Lipinski definition) is 9. The van der Waals surface area contributed by atoms with E-state index in [-0.39, 0.29) is 71.9 Å². The summed E-state index contributed by atoms with van der Waals surface area (Å²) in [6.07, 6.45) is 4.94. The number of hydrogen-bond acceptors (Lipinski definition) is 12. The Bertz CT molecular complexity index is 553. The Kier molecular flexibility index (Phi) is 32.4. The van der Waals surface area contributed by atoms with Gasteiger partial charge in [-0.2, -0.15) is 0 Å². The van der Waals surface area contributed by atoms with Crippen molar-refractivity contribution in [2.24, 2.45) is 0 Å². The van der Waals surface area contributed by atoms with E-state index < -0.39 is 0 Å². The summed E-state index contributed by atoms with van der Waals surface area (Å²) in [6, 6.07) is 0. The first kappa shape index (κ1) is 38.7. The van der Waals surface area contributed by atoms with E-state index in [1.807, 2.05) is 0 Å². The van der Waals surface area contributed by atoms with Crippen LogP contribution in [-0.4, -0.2) is 87.4 Å². The third-order valence-corrected chi connectivity index (χ3v) is 2.94. The van der Waals surface area contributed by atoms with Crippen LogP contribution in [0.1, 0.15) is 40.0 Å². The van der Waals surface area contributed by atoms with Crippen LogP contribution in [0.2, 0.25) is 0 Å². The monoisotopic (exact) mass is 533 g/mol. The van der Waals surface area contributed by atoms with E-state index in [2.05, 4.69) is 16.0 Å². The molecule has 0 aliphatic heterocycles. The van der Waals surface area contributed by atoms with Crippen molar-refractivity contribution in [3.63, 3.8) is 0 Å². The number of aliphatic hydroxyl groups is 6. The van der Waals surface area contributed by atoms with Gasteiger partial charge in [-0.1, -0.05) is 0 Å². The van der Waals surface area contributed by atoms with Crippen molar-refractivity contribution in [3.05, 3.63) is 35.9 Å². The quantitative estimate of drug-likeness (QED) is 0.0582. The van der Waals surface area contributed by atoms with Crippen LogP contribution in [0.4, 0.5) is 0 Å². The molecule has 9 N–H and O–H groups in total. The molecule has 0 bridgehead atoms. The maximum Gasteiger partial charge on any atom is 0.187 e. The molecule has 0 saturated carbocycles. The fraction of sp³-hybridized carbons (Fsp3) is 0.571. The number of ketones is 3. The van der Waals surface area contributed by atoms with Gasteiger partial charge in [0.2, 0.25) is 0 Å². The van der Waals surface area contributed by atoms with Gasteiger partial charge >= 0.3 is 0 Å². The van der Waals surface area contributed by atoms with Crippen LogP contribution in [-0.2, 0) is 31.5 Å². The number of aliphatic hydroxyl groups excluding tert-OH is 6. The van der Waals surface area contributed by atoms with E-state index in [1.54, 1.807) is 0 Å². The van der Waals surface area contributed by atoms with Gasteiger partial charge in [-0.3, -0.25) is 14.4 Å². The topological polar surface area (TPSA) is 209 Å². The molecule has 13 heteroatoms. The van der Waals surface area contributed by atoms with Gasteiger partial charge in [-0.05, 0) is 40.0 Å². The minimum Gasteiger partial charge on any atom is -0.495 e. The molecule has 0 aliphatic rings. The normalized spacial score (nSPS) is 10.9. The summed E-state index contributed by atoms with van der Waals surface area (Å²) in [6.45, 7) is 5.66. The Morgan fingerprint density at radius 3 is 0.912 bits per heavy atom. The first-order valence-electron chi connectivity index (χ1n) is 10.3. The summed E-state index contributed by atoms with van der Waals surface area (Å²) in [5.74, 6) is -1.07. The van der Waals surface area contributed by atoms with E-state index in [0.29, 0.717) is 38.9 Å². The second-order valence-corrected chi connectivity index (χ2v) is 6.43. The van der Waals surface area contributed by atoms with E-state index >= 15 is 0 Å². The number of carbonyl (C=O) groups is 3. The third kappa shape index (κ3) is 39.9. The first-order valence-corrected chi connectivity index (χ1v) is 10.3. The maximum atomic E-state index is 10.4. The molecule has 0 aromatic carbocycles. The van der Waals surface area contributed by atoms with Gasteiger partial charge in [0.05, 0.1) is 0 Å². The van der Waals surface area contributed by atoms with Gasteiger partial charge in [0, 0.05) is 74.8 Å². The Balaban J connectivity index is -0.000000196. The summed E-state index contributed by atoms with van der Waals surface area (Å²) < 4.78 is 0. The van der Waals surface area contributed by atoms with E-state index in [4.69, 9.17) is 30.6 Å². The number of nitrogens with one attached hydrogen (secondary N) is 3. The fourth-order valence-corrected chi connectivity index (χ4v) is 1.62. The molecule has 0 aromatic rings. The van der Waals surface area contributed by atoms with E-state index in [0.717, 1.165) is 18.2 Å². The largest absolute Gasteiger partial charge is 0.495 e. The molecule has 0 fully saturated rings. The molecule has 0 atom stereocenters. The molecule has 12 nitrogen and oxygen atoms in total. The molecular formula is C21H39FeN3O9. The second-order valence-electron chi connectivity index (χ2n) is 6.43.